The maximum absolute atomic E-state index is 11.7. The number of hydrogen-bond donors (Lipinski definition) is 1. The summed E-state index contributed by atoms with van der Waals surface area (Å²) in [6, 6.07) is 0. The van der Waals surface area contributed by atoms with Gasteiger partial charge in [0, 0.05) is 0 Å². The molecule has 0 heterocycles. The van der Waals surface area contributed by atoms with Gasteiger partial charge in [-0.3, -0.25) is 4.79 Å². The van der Waals surface area contributed by atoms with Crippen LogP contribution in [0.1, 0.15) is 19.8 Å². The Labute approximate surface area is 83.4 Å². The summed E-state index contributed by atoms with van der Waals surface area (Å²) in [6.07, 6.45) is 1.73. The third kappa shape index (κ3) is 0.888. The molecule has 4 aliphatic carbocycles. The molecule has 4 fully saturated rings. The van der Waals surface area contributed by atoms with E-state index >= 15 is 0 Å². The zero-order chi connectivity index (χ0) is 9.87. The zero-order valence-electron chi connectivity index (χ0n) is 8.35. The lowest BCUT2D eigenvalue weighted by atomic mass is 9.97. The minimum Gasteiger partial charge on any atom is -0.465 e. The predicted octanol–water partition coefficient (Wildman–Crippen LogP) is 0.812. The van der Waals surface area contributed by atoms with E-state index < -0.39 is 0 Å². The van der Waals surface area contributed by atoms with Gasteiger partial charge in [0.25, 0.3) is 0 Å². The Hall–Kier alpha value is -0.570. The number of aliphatic hydroxyl groups is 1. The van der Waals surface area contributed by atoms with Gasteiger partial charge in [-0.05, 0) is 36.5 Å². The van der Waals surface area contributed by atoms with Gasteiger partial charge in [0.15, 0.2) is 0 Å². The van der Waals surface area contributed by atoms with Gasteiger partial charge in [-0.25, -0.2) is 0 Å². The Bertz CT molecular complexity index is 276. The van der Waals surface area contributed by atoms with E-state index in [1.807, 2.05) is 6.92 Å². The molecule has 3 unspecified atom stereocenters. The lowest BCUT2D eigenvalue weighted by Crippen LogP contribution is -2.25. The second kappa shape index (κ2) is 2.72. The minimum atomic E-state index is -0.204. The number of aliphatic hydroxyl groups excluding tert-OH is 1. The fourth-order valence-electron chi connectivity index (χ4n) is 3.74. The molecule has 0 aliphatic heterocycles. The van der Waals surface area contributed by atoms with Gasteiger partial charge in [-0.15, -0.1) is 0 Å². The van der Waals surface area contributed by atoms with E-state index in [1.54, 1.807) is 0 Å². The normalized spacial score (nSPS) is 52.1. The second-order valence-corrected chi connectivity index (χ2v) is 4.90. The standard InChI is InChI=1S/C11H16O3/c1-2-3-14-11(13)9-6-4-5-7(9)8(5)10(6)12/h5-10,12H,2-4H2,1H3/t5?,6-,7-,8?,9+,10?/m0/s1. The number of hydrogen-bond acceptors (Lipinski definition) is 3. The van der Waals surface area contributed by atoms with Crippen LogP contribution in [0.25, 0.3) is 0 Å². The van der Waals surface area contributed by atoms with Gasteiger partial charge in [0.05, 0.1) is 18.6 Å². The van der Waals surface area contributed by atoms with Crippen molar-refractivity contribution in [2.45, 2.75) is 25.9 Å². The molecule has 0 aromatic rings. The number of rotatable bonds is 3. The van der Waals surface area contributed by atoms with Crippen LogP contribution in [-0.4, -0.2) is 23.8 Å². The van der Waals surface area contributed by atoms with Crippen molar-refractivity contribution in [2.75, 3.05) is 6.61 Å². The lowest BCUT2D eigenvalue weighted by Gasteiger charge is -2.15. The Balaban J connectivity index is 1.68. The van der Waals surface area contributed by atoms with Crippen molar-refractivity contribution in [1.82, 2.24) is 0 Å². The van der Waals surface area contributed by atoms with Gasteiger partial charge in [0.1, 0.15) is 0 Å². The molecular formula is C11H16O3. The van der Waals surface area contributed by atoms with E-state index in [0.717, 1.165) is 12.8 Å². The van der Waals surface area contributed by atoms with Crippen LogP contribution in [0.5, 0.6) is 0 Å². The van der Waals surface area contributed by atoms with Crippen LogP contribution in [-0.2, 0) is 9.53 Å². The van der Waals surface area contributed by atoms with Crippen molar-refractivity contribution in [1.29, 1.82) is 0 Å². The van der Waals surface area contributed by atoms with Crippen molar-refractivity contribution in [2.24, 2.45) is 29.6 Å². The molecule has 0 aromatic heterocycles. The molecule has 14 heavy (non-hydrogen) atoms. The summed E-state index contributed by atoms with van der Waals surface area (Å²) < 4.78 is 5.17. The fraction of sp³-hybridized carbons (Fsp3) is 0.909. The third-order valence-corrected chi connectivity index (χ3v) is 4.27. The highest BCUT2D eigenvalue weighted by molar-refractivity contribution is 5.75. The van der Waals surface area contributed by atoms with E-state index in [2.05, 4.69) is 0 Å². The molecule has 6 atom stereocenters. The molecule has 3 heteroatoms. The minimum absolute atomic E-state index is 0.0338. The van der Waals surface area contributed by atoms with E-state index in [-0.39, 0.29) is 23.9 Å². The first-order chi connectivity index (χ1) is 6.75. The number of carbonyl (C=O) groups excluding carboxylic acids is 1. The predicted molar refractivity (Wildman–Crippen MR) is 49.3 cm³/mol. The van der Waals surface area contributed by atoms with Gasteiger partial charge in [-0.2, -0.15) is 0 Å². The molecule has 0 aromatic carbocycles. The third-order valence-electron chi connectivity index (χ3n) is 4.27. The molecule has 0 saturated heterocycles. The Morgan fingerprint density at radius 3 is 2.64 bits per heavy atom. The van der Waals surface area contributed by atoms with E-state index in [0.29, 0.717) is 24.4 Å². The lowest BCUT2D eigenvalue weighted by molar-refractivity contribution is -0.150. The second-order valence-electron chi connectivity index (χ2n) is 4.90. The summed E-state index contributed by atoms with van der Waals surface area (Å²) in [5.41, 5.74) is 0. The van der Waals surface area contributed by atoms with Crippen LogP contribution >= 0.6 is 0 Å². The summed E-state index contributed by atoms with van der Waals surface area (Å²) in [5, 5.41) is 9.79. The van der Waals surface area contributed by atoms with Gasteiger partial charge in [-0.1, -0.05) is 6.92 Å². The summed E-state index contributed by atoms with van der Waals surface area (Å²) in [7, 11) is 0. The van der Waals surface area contributed by atoms with E-state index in [4.69, 9.17) is 4.74 Å². The van der Waals surface area contributed by atoms with Crippen LogP contribution in [0.15, 0.2) is 0 Å². The molecule has 0 amide bonds. The largest absolute Gasteiger partial charge is 0.465 e. The smallest absolute Gasteiger partial charge is 0.309 e. The summed E-state index contributed by atoms with van der Waals surface area (Å²) in [6.45, 7) is 2.52. The van der Waals surface area contributed by atoms with Crippen LogP contribution in [0.3, 0.4) is 0 Å². The summed E-state index contributed by atoms with van der Waals surface area (Å²) in [5.74, 6) is 1.77. The van der Waals surface area contributed by atoms with Gasteiger partial charge >= 0.3 is 5.97 Å². The number of ether oxygens (including phenoxy) is 1. The van der Waals surface area contributed by atoms with E-state index in [9.17, 15) is 9.90 Å². The van der Waals surface area contributed by atoms with Gasteiger partial charge < -0.3 is 9.84 Å². The van der Waals surface area contributed by atoms with Crippen LogP contribution in [0.2, 0.25) is 0 Å². The molecule has 1 N–H and O–H groups in total. The first-order valence-corrected chi connectivity index (χ1v) is 5.60. The molecule has 4 saturated carbocycles. The van der Waals surface area contributed by atoms with Crippen LogP contribution < -0.4 is 0 Å². The molecule has 4 rings (SSSR count). The number of esters is 1. The Morgan fingerprint density at radius 2 is 2.21 bits per heavy atom. The monoisotopic (exact) mass is 196 g/mol. The van der Waals surface area contributed by atoms with E-state index in [1.165, 1.54) is 0 Å². The highest BCUT2D eigenvalue weighted by Gasteiger charge is 2.75. The first-order valence-electron chi connectivity index (χ1n) is 5.60. The zero-order valence-corrected chi connectivity index (χ0v) is 8.35. The van der Waals surface area contributed by atoms with Crippen LogP contribution in [0.4, 0.5) is 0 Å². The molecule has 0 radical (unpaired) electrons. The summed E-state index contributed by atoms with van der Waals surface area (Å²) in [4.78, 5) is 11.7. The van der Waals surface area contributed by atoms with Crippen molar-refractivity contribution < 1.29 is 14.6 Å². The maximum Gasteiger partial charge on any atom is 0.309 e. The van der Waals surface area contributed by atoms with Crippen molar-refractivity contribution in [3.05, 3.63) is 0 Å². The van der Waals surface area contributed by atoms with Crippen molar-refractivity contribution in [3.63, 3.8) is 0 Å². The van der Waals surface area contributed by atoms with Crippen molar-refractivity contribution in [3.8, 4) is 0 Å². The average molecular weight is 196 g/mol. The molecule has 3 nitrogen and oxygen atoms in total. The number of carbonyl (C=O) groups is 1. The first kappa shape index (κ1) is 8.72. The van der Waals surface area contributed by atoms with Gasteiger partial charge in [0.2, 0.25) is 0 Å². The highest BCUT2D eigenvalue weighted by Crippen LogP contribution is 2.73. The molecule has 4 bridgehead atoms. The molecular weight excluding hydrogens is 180 g/mol. The maximum atomic E-state index is 11.7. The highest BCUT2D eigenvalue weighted by atomic mass is 16.5. The topological polar surface area (TPSA) is 46.5 Å². The Morgan fingerprint density at radius 1 is 1.43 bits per heavy atom. The summed E-state index contributed by atoms with van der Waals surface area (Å²) >= 11 is 0. The fourth-order valence-corrected chi connectivity index (χ4v) is 3.74. The van der Waals surface area contributed by atoms with Crippen molar-refractivity contribution >= 4 is 5.97 Å². The Kier molecular flexibility index (Phi) is 1.69. The van der Waals surface area contributed by atoms with Crippen LogP contribution in [0, 0.1) is 29.6 Å². The molecule has 78 valence electrons. The SMILES string of the molecule is CCCOC(=O)[C@H]1[C@H]2C3C[C@@H]1C(O)C32. The molecule has 0 spiro atoms. The quantitative estimate of drug-likeness (QED) is 0.679. The average Bonchev–Trinajstić information content (AvgIpc) is 2.51. The molecule has 4 aliphatic rings.